The fraction of sp³-hybridized carbons (Fsp3) is 0.917. The maximum atomic E-state index is 10.9. The lowest BCUT2D eigenvalue weighted by molar-refractivity contribution is -0.140. The molecule has 3 heteroatoms. The van der Waals surface area contributed by atoms with Crippen molar-refractivity contribution in [3.05, 3.63) is 0 Å². The highest BCUT2D eigenvalue weighted by Gasteiger charge is 2.22. The van der Waals surface area contributed by atoms with E-state index in [9.17, 15) is 9.90 Å². The number of aliphatic hydroxyl groups is 1. The molecule has 15 heavy (non-hydrogen) atoms. The van der Waals surface area contributed by atoms with E-state index in [0.29, 0.717) is 12.3 Å². The average Bonchev–Trinajstić information content (AvgIpc) is 2.26. The number of aliphatic hydroxyl groups excluding tert-OH is 1. The van der Waals surface area contributed by atoms with Crippen LogP contribution in [0.15, 0.2) is 0 Å². The Morgan fingerprint density at radius 2 is 2.07 bits per heavy atom. The Kier molecular flexibility index (Phi) is 5.69. The van der Waals surface area contributed by atoms with Crippen molar-refractivity contribution in [2.24, 2.45) is 5.92 Å². The summed E-state index contributed by atoms with van der Waals surface area (Å²) in [6, 6.07) is 0. The number of carbonyl (C=O) groups excluding carboxylic acids is 1. The summed E-state index contributed by atoms with van der Waals surface area (Å²) in [6.45, 7) is 0. The molecule has 0 radical (unpaired) electrons. The molecule has 0 aromatic heterocycles. The lowest BCUT2D eigenvalue weighted by Crippen LogP contribution is -2.24. The van der Waals surface area contributed by atoms with Gasteiger partial charge >= 0.3 is 5.97 Å². The smallest absolute Gasteiger partial charge is 0.305 e. The molecule has 0 amide bonds. The summed E-state index contributed by atoms with van der Waals surface area (Å²) in [4.78, 5) is 10.9. The molecule has 0 spiro atoms. The van der Waals surface area contributed by atoms with E-state index in [2.05, 4.69) is 4.74 Å². The van der Waals surface area contributed by atoms with Crippen molar-refractivity contribution in [3.8, 4) is 0 Å². The van der Waals surface area contributed by atoms with Gasteiger partial charge in [0, 0.05) is 6.42 Å². The van der Waals surface area contributed by atoms with Gasteiger partial charge in [-0.05, 0) is 31.6 Å². The number of hydrogen-bond acceptors (Lipinski definition) is 3. The quantitative estimate of drug-likeness (QED) is 0.564. The number of carbonyl (C=O) groups is 1. The number of ether oxygens (including phenoxy) is 1. The van der Waals surface area contributed by atoms with Gasteiger partial charge in [-0.3, -0.25) is 4.79 Å². The van der Waals surface area contributed by atoms with E-state index >= 15 is 0 Å². The van der Waals surface area contributed by atoms with Gasteiger partial charge in [0.15, 0.2) is 0 Å². The fourth-order valence-corrected chi connectivity index (χ4v) is 2.30. The molecule has 0 saturated heterocycles. The zero-order valence-electron chi connectivity index (χ0n) is 9.58. The lowest BCUT2D eigenvalue weighted by Gasteiger charge is -2.27. The molecule has 0 aromatic rings. The molecule has 0 unspecified atom stereocenters. The number of rotatable bonds is 5. The Morgan fingerprint density at radius 3 is 2.73 bits per heavy atom. The first-order valence-corrected chi connectivity index (χ1v) is 5.99. The van der Waals surface area contributed by atoms with E-state index in [0.717, 1.165) is 32.1 Å². The molecule has 1 rings (SSSR count). The molecule has 1 aliphatic rings. The SMILES string of the molecule is COC(=O)CCCC[C@H]1CCCC[C@H]1O. The largest absolute Gasteiger partial charge is 0.469 e. The molecule has 88 valence electrons. The van der Waals surface area contributed by atoms with Gasteiger partial charge in [-0.1, -0.05) is 19.3 Å². The van der Waals surface area contributed by atoms with Gasteiger partial charge in [0.25, 0.3) is 0 Å². The number of esters is 1. The molecule has 0 aliphatic heterocycles. The van der Waals surface area contributed by atoms with Gasteiger partial charge in [-0.15, -0.1) is 0 Å². The Bertz CT molecular complexity index is 191. The van der Waals surface area contributed by atoms with Crippen molar-refractivity contribution in [2.45, 2.75) is 57.5 Å². The van der Waals surface area contributed by atoms with Gasteiger partial charge in [0.05, 0.1) is 13.2 Å². The highest BCUT2D eigenvalue weighted by atomic mass is 16.5. The minimum Gasteiger partial charge on any atom is -0.469 e. The summed E-state index contributed by atoms with van der Waals surface area (Å²) in [5, 5.41) is 9.73. The second kappa shape index (κ2) is 6.83. The van der Waals surface area contributed by atoms with Crippen molar-refractivity contribution < 1.29 is 14.6 Å². The van der Waals surface area contributed by atoms with Gasteiger partial charge in [0.2, 0.25) is 0 Å². The van der Waals surface area contributed by atoms with Crippen molar-refractivity contribution in [1.29, 1.82) is 0 Å². The number of hydrogen-bond donors (Lipinski definition) is 1. The van der Waals surface area contributed by atoms with Crippen LogP contribution in [0.25, 0.3) is 0 Å². The standard InChI is InChI=1S/C12H22O3/c1-15-12(14)9-5-3-7-10-6-2-4-8-11(10)13/h10-11,13H,2-9H2,1H3/t10-,11-/m1/s1. The highest BCUT2D eigenvalue weighted by molar-refractivity contribution is 5.68. The zero-order valence-corrected chi connectivity index (χ0v) is 9.58. The van der Waals surface area contributed by atoms with E-state index < -0.39 is 0 Å². The third kappa shape index (κ3) is 4.65. The van der Waals surface area contributed by atoms with Gasteiger partial charge < -0.3 is 9.84 Å². The third-order valence-corrected chi connectivity index (χ3v) is 3.30. The van der Waals surface area contributed by atoms with Crippen molar-refractivity contribution >= 4 is 5.97 Å². The van der Waals surface area contributed by atoms with Crippen LogP contribution in [0.5, 0.6) is 0 Å². The van der Waals surface area contributed by atoms with Crippen LogP contribution < -0.4 is 0 Å². The predicted molar refractivity (Wildman–Crippen MR) is 58.4 cm³/mol. The summed E-state index contributed by atoms with van der Waals surface area (Å²) in [7, 11) is 1.42. The molecule has 0 heterocycles. The third-order valence-electron chi connectivity index (χ3n) is 3.30. The molecule has 1 aliphatic carbocycles. The average molecular weight is 214 g/mol. The van der Waals surface area contributed by atoms with Crippen molar-refractivity contribution in [2.75, 3.05) is 7.11 Å². The number of unbranched alkanes of at least 4 members (excludes halogenated alkanes) is 1. The van der Waals surface area contributed by atoms with Crippen LogP contribution in [0, 0.1) is 5.92 Å². The van der Waals surface area contributed by atoms with E-state index in [4.69, 9.17) is 0 Å². The first-order chi connectivity index (χ1) is 7.24. The van der Waals surface area contributed by atoms with E-state index in [1.807, 2.05) is 0 Å². The first kappa shape index (κ1) is 12.5. The normalized spacial score (nSPS) is 26.3. The Morgan fingerprint density at radius 1 is 1.33 bits per heavy atom. The minimum atomic E-state index is -0.126. The van der Waals surface area contributed by atoms with Crippen LogP contribution >= 0.6 is 0 Å². The van der Waals surface area contributed by atoms with Crippen LogP contribution in [-0.2, 0) is 9.53 Å². The lowest BCUT2D eigenvalue weighted by atomic mass is 9.83. The molecule has 1 fully saturated rings. The van der Waals surface area contributed by atoms with Crippen LogP contribution in [-0.4, -0.2) is 24.3 Å². The van der Waals surface area contributed by atoms with Gasteiger partial charge in [-0.2, -0.15) is 0 Å². The summed E-state index contributed by atoms with van der Waals surface area (Å²) in [6.07, 6.45) is 7.90. The molecular weight excluding hydrogens is 192 g/mol. The maximum Gasteiger partial charge on any atom is 0.305 e. The van der Waals surface area contributed by atoms with E-state index in [1.54, 1.807) is 0 Å². The van der Waals surface area contributed by atoms with E-state index in [1.165, 1.54) is 20.0 Å². The monoisotopic (exact) mass is 214 g/mol. The predicted octanol–water partition coefficient (Wildman–Crippen LogP) is 2.27. The fourth-order valence-electron chi connectivity index (χ4n) is 2.30. The second-order valence-corrected chi connectivity index (χ2v) is 4.43. The minimum absolute atomic E-state index is 0.100. The maximum absolute atomic E-state index is 10.9. The summed E-state index contributed by atoms with van der Waals surface area (Å²) in [5.74, 6) is 0.343. The van der Waals surface area contributed by atoms with Crippen molar-refractivity contribution in [1.82, 2.24) is 0 Å². The molecule has 0 bridgehead atoms. The summed E-state index contributed by atoms with van der Waals surface area (Å²) in [5.41, 5.74) is 0. The number of methoxy groups -OCH3 is 1. The molecule has 3 nitrogen and oxygen atoms in total. The molecule has 1 N–H and O–H groups in total. The van der Waals surface area contributed by atoms with Crippen LogP contribution in [0.1, 0.15) is 51.4 Å². The van der Waals surface area contributed by atoms with E-state index in [-0.39, 0.29) is 12.1 Å². The molecule has 1 saturated carbocycles. The Labute approximate surface area is 91.8 Å². The summed E-state index contributed by atoms with van der Waals surface area (Å²) >= 11 is 0. The molecule has 2 atom stereocenters. The first-order valence-electron chi connectivity index (χ1n) is 5.99. The van der Waals surface area contributed by atoms with Crippen molar-refractivity contribution in [3.63, 3.8) is 0 Å². The molecular formula is C12H22O3. The topological polar surface area (TPSA) is 46.5 Å². The highest BCUT2D eigenvalue weighted by Crippen LogP contribution is 2.28. The van der Waals surface area contributed by atoms with Crippen LogP contribution in [0.3, 0.4) is 0 Å². The molecule has 0 aromatic carbocycles. The van der Waals surface area contributed by atoms with Crippen LogP contribution in [0.4, 0.5) is 0 Å². The Balaban J connectivity index is 2.06. The second-order valence-electron chi connectivity index (χ2n) is 4.43. The zero-order chi connectivity index (χ0) is 11.1. The van der Waals surface area contributed by atoms with Crippen LogP contribution in [0.2, 0.25) is 0 Å². The summed E-state index contributed by atoms with van der Waals surface area (Å²) < 4.78 is 4.58. The van der Waals surface area contributed by atoms with Gasteiger partial charge in [-0.25, -0.2) is 0 Å². The van der Waals surface area contributed by atoms with Gasteiger partial charge in [0.1, 0.15) is 0 Å². The Hall–Kier alpha value is -0.570.